The van der Waals surface area contributed by atoms with Crippen molar-refractivity contribution in [1.29, 1.82) is 0 Å². The monoisotopic (exact) mass is 485 g/mol. The van der Waals surface area contributed by atoms with Crippen molar-refractivity contribution in [1.82, 2.24) is 9.80 Å². The third kappa shape index (κ3) is 5.41. The molecule has 1 aliphatic heterocycles. The Morgan fingerprint density at radius 1 is 1.03 bits per heavy atom. The number of ether oxygens (including phenoxy) is 1. The molecule has 0 aliphatic carbocycles. The van der Waals surface area contributed by atoms with Gasteiger partial charge in [-0.2, -0.15) is 0 Å². The molecule has 2 amide bonds. The number of hydrogen-bond acceptors (Lipinski definition) is 5. The molecule has 1 aliphatic rings. The van der Waals surface area contributed by atoms with Crippen molar-refractivity contribution in [3.05, 3.63) is 58.1 Å². The predicted octanol–water partition coefficient (Wildman–Crippen LogP) is 3.71. The van der Waals surface area contributed by atoms with E-state index in [1.54, 1.807) is 24.0 Å². The van der Waals surface area contributed by atoms with E-state index < -0.39 is 16.1 Å². The van der Waals surface area contributed by atoms with E-state index in [-0.39, 0.29) is 38.7 Å². The summed E-state index contributed by atoms with van der Waals surface area (Å²) in [5.41, 5.74) is 0.310. The Morgan fingerprint density at radius 2 is 1.68 bits per heavy atom. The summed E-state index contributed by atoms with van der Waals surface area (Å²) >= 11 is 12.0. The van der Waals surface area contributed by atoms with E-state index in [2.05, 4.69) is 4.72 Å². The van der Waals surface area contributed by atoms with E-state index in [1.807, 2.05) is 0 Å². The highest BCUT2D eigenvalue weighted by molar-refractivity contribution is 7.92. The van der Waals surface area contributed by atoms with Gasteiger partial charge < -0.3 is 14.5 Å². The van der Waals surface area contributed by atoms with E-state index in [9.17, 15) is 18.0 Å². The first kappa shape index (κ1) is 23.2. The van der Waals surface area contributed by atoms with Crippen LogP contribution in [0, 0.1) is 0 Å². The van der Waals surface area contributed by atoms with Gasteiger partial charge in [0.25, 0.3) is 15.9 Å². The zero-order chi connectivity index (χ0) is 22.6. The van der Waals surface area contributed by atoms with Crippen molar-refractivity contribution in [2.45, 2.75) is 11.8 Å². The summed E-state index contributed by atoms with van der Waals surface area (Å²) in [6.07, 6.45) is -0.416. The van der Waals surface area contributed by atoms with Gasteiger partial charge >= 0.3 is 6.09 Å². The Labute approximate surface area is 190 Å². The van der Waals surface area contributed by atoms with Crippen LogP contribution in [-0.2, 0) is 14.8 Å². The lowest BCUT2D eigenvalue weighted by Gasteiger charge is -2.34. The van der Waals surface area contributed by atoms with Gasteiger partial charge in [-0.1, -0.05) is 35.3 Å². The maximum atomic E-state index is 13.1. The number of benzene rings is 2. The number of para-hydroxylation sites is 1. The lowest BCUT2D eigenvalue weighted by atomic mass is 10.1. The van der Waals surface area contributed by atoms with Gasteiger partial charge in [-0.15, -0.1) is 0 Å². The van der Waals surface area contributed by atoms with Crippen molar-refractivity contribution in [2.75, 3.05) is 37.5 Å². The van der Waals surface area contributed by atoms with Gasteiger partial charge in [0, 0.05) is 31.2 Å². The molecule has 8 nitrogen and oxygen atoms in total. The van der Waals surface area contributed by atoms with Gasteiger partial charge in [0.1, 0.15) is 4.90 Å². The summed E-state index contributed by atoms with van der Waals surface area (Å²) in [7, 11) is -4.09. The number of anilines is 1. The second-order valence-electron chi connectivity index (χ2n) is 6.70. The summed E-state index contributed by atoms with van der Waals surface area (Å²) in [4.78, 5) is 27.8. The van der Waals surface area contributed by atoms with E-state index in [0.29, 0.717) is 26.2 Å². The summed E-state index contributed by atoms with van der Waals surface area (Å²) in [6.45, 7) is 3.28. The third-order valence-corrected chi connectivity index (χ3v) is 6.76. The van der Waals surface area contributed by atoms with Crippen LogP contribution in [0.3, 0.4) is 0 Å². The summed E-state index contributed by atoms with van der Waals surface area (Å²) in [5, 5.41) is 0.226. The second-order valence-corrected chi connectivity index (χ2v) is 9.20. The molecule has 0 atom stereocenters. The molecule has 0 spiro atoms. The largest absolute Gasteiger partial charge is 0.450 e. The Bertz CT molecular complexity index is 1090. The SMILES string of the molecule is CCOC(=O)N1CCN(C(=O)c2ccccc2NS(=O)(=O)c2cc(Cl)ccc2Cl)CC1. The minimum Gasteiger partial charge on any atom is -0.450 e. The van der Waals surface area contributed by atoms with Gasteiger partial charge in [0.05, 0.1) is 22.9 Å². The molecule has 31 heavy (non-hydrogen) atoms. The number of nitrogens with zero attached hydrogens (tertiary/aromatic N) is 2. The van der Waals surface area contributed by atoms with Crippen LogP contribution in [0.4, 0.5) is 10.5 Å². The topological polar surface area (TPSA) is 96.0 Å². The molecule has 11 heteroatoms. The fourth-order valence-electron chi connectivity index (χ4n) is 3.12. The van der Waals surface area contributed by atoms with Crippen molar-refractivity contribution in [3.63, 3.8) is 0 Å². The fourth-order valence-corrected chi connectivity index (χ4v) is 4.96. The summed E-state index contributed by atoms with van der Waals surface area (Å²) in [6, 6.07) is 10.4. The molecule has 0 saturated carbocycles. The summed E-state index contributed by atoms with van der Waals surface area (Å²) < 4.78 is 33.2. The van der Waals surface area contributed by atoms with Crippen LogP contribution in [0.25, 0.3) is 0 Å². The molecule has 0 radical (unpaired) electrons. The van der Waals surface area contributed by atoms with Crippen LogP contribution in [0.1, 0.15) is 17.3 Å². The van der Waals surface area contributed by atoms with Crippen molar-refractivity contribution in [2.24, 2.45) is 0 Å². The molecule has 0 aromatic heterocycles. The first-order chi connectivity index (χ1) is 14.7. The molecule has 1 saturated heterocycles. The number of amides is 2. The molecular weight excluding hydrogens is 465 g/mol. The van der Waals surface area contributed by atoms with Gasteiger partial charge in [-0.3, -0.25) is 9.52 Å². The molecule has 2 aromatic carbocycles. The zero-order valence-corrected chi connectivity index (χ0v) is 19.0. The molecule has 0 unspecified atom stereocenters. The molecule has 3 rings (SSSR count). The highest BCUT2D eigenvalue weighted by Gasteiger charge is 2.28. The van der Waals surface area contributed by atoms with Crippen LogP contribution in [-0.4, -0.2) is 63.0 Å². The van der Waals surface area contributed by atoms with Gasteiger partial charge in [-0.05, 0) is 37.3 Å². The minimum absolute atomic E-state index is 0.01000. The standard InChI is InChI=1S/C20H21Cl2N3O5S/c1-2-30-20(27)25-11-9-24(10-12-25)19(26)15-5-3-4-6-17(15)23-31(28,29)18-13-14(21)7-8-16(18)22/h3-8,13,23H,2,9-12H2,1H3. The number of piperazine rings is 1. The fraction of sp³-hybridized carbons (Fsp3) is 0.300. The molecule has 1 heterocycles. The van der Waals surface area contributed by atoms with Gasteiger partial charge in [0.2, 0.25) is 0 Å². The predicted molar refractivity (Wildman–Crippen MR) is 118 cm³/mol. The number of sulfonamides is 1. The number of carbonyl (C=O) groups excluding carboxylic acids is 2. The van der Waals surface area contributed by atoms with Crippen LogP contribution in [0.15, 0.2) is 47.4 Å². The number of carbonyl (C=O) groups is 2. The highest BCUT2D eigenvalue weighted by atomic mass is 35.5. The zero-order valence-electron chi connectivity index (χ0n) is 16.7. The van der Waals surface area contributed by atoms with E-state index in [4.69, 9.17) is 27.9 Å². The van der Waals surface area contributed by atoms with Crippen molar-refractivity contribution < 1.29 is 22.7 Å². The Kier molecular flexibility index (Phi) is 7.30. The Hall–Kier alpha value is -2.49. The number of halogens is 2. The number of nitrogens with one attached hydrogen (secondary N) is 1. The van der Waals surface area contributed by atoms with Crippen molar-refractivity contribution >= 4 is 50.9 Å². The smallest absolute Gasteiger partial charge is 0.409 e. The molecule has 2 aromatic rings. The molecule has 0 bridgehead atoms. The first-order valence-electron chi connectivity index (χ1n) is 9.51. The van der Waals surface area contributed by atoms with Crippen LogP contribution in [0.5, 0.6) is 0 Å². The average Bonchev–Trinajstić information content (AvgIpc) is 2.75. The van der Waals surface area contributed by atoms with Crippen LogP contribution < -0.4 is 4.72 Å². The van der Waals surface area contributed by atoms with Gasteiger partial charge in [-0.25, -0.2) is 13.2 Å². The Morgan fingerprint density at radius 3 is 2.35 bits per heavy atom. The van der Waals surface area contributed by atoms with E-state index in [0.717, 1.165) is 0 Å². The lowest BCUT2D eigenvalue weighted by molar-refractivity contribution is 0.0571. The maximum absolute atomic E-state index is 13.1. The molecule has 166 valence electrons. The third-order valence-electron chi connectivity index (χ3n) is 4.68. The minimum atomic E-state index is -4.09. The average molecular weight is 486 g/mol. The summed E-state index contributed by atoms with van der Waals surface area (Å²) in [5.74, 6) is -0.348. The molecule has 1 N–H and O–H groups in total. The Balaban J connectivity index is 1.79. The molecular formula is C20H21Cl2N3O5S. The second kappa shape index (κ2) is 9.76. The van der Waals surface area contributed by atoms with Crippen LogP contribution in [0.2, 0.25) is 10.0 Å². The maximum Gasteiger partial charge on any atom is 0.409 e. The van der Waals surface area contributed by atoms with Crippen LogP contribution >= 0.6 is 23.2 Å². The van der Waals surface area contributed by atoms with E-state index in [1.165, 1.54) is 35.2 Å². The molecule has 1 fully saturated rings. The quantitative estimate of drug-likeness (QED) is 0.695. The van der Waals surface area contributed by atoms with E-state index >= 15 is 0 Å². The number of rotatable bonds is 5. The lowest BCUT2D eigenvalue weighted by Crippen LogP contribution is -2.50. The normalized spacial score (nSPS) is 14.3. The number of hydrogen-bond donors (Lipinski definition) is 1. The van der Waals surface area contributed by atoms with Crippen molar-refractivity contribution in [3.8, 4) is 0 Å². The van der Waals surface area contributed by atoms with Gasteiger partial charge in [0.15, 0.2) is 0 Å². The highest BCUT2D eigenvalue weighted by Crippen LogP contribution is 2.28. The first-order valence-corrected chi connectivity index (χ1v) is 11.7.